The Morgan fingerprint density at radius 2 is 1.77 bits per heavy atom. The normalized spacial score (nSPS) is 17.0. The zero-order valence-corrected chi connectivity index (χ0v) is 14.2. The van der Waals surface area contributed by atoms with E-state index >= 15 is 0 Å². The van der Waals surface area contributed by atoms with E-state index in [2.05, 4.69) is 22.2 Å². The van der Waals surface area contributed by atoms with Gasteiger partial charge in [0, 0.05) is 17.8 Å². The molecule has 26 heavy (non-hydrogen) atoms. The second kappa shape index (κ2) is 6.76. The van der Waals surface area contributed by atoms with Crippen LogP contribution in [-0.2, 0) is 12.7 Å². The second-order valence-corrected chi connectivity index (χ2v) is 6.81. The third-order valence-electron chi connectivity index (χ3n) is 5.05. The summed E-state index contributed by atoms with van der Waals surface area (Å²) in [7, 11) is 0. The van der Waals surface area contributed by atoms with E-state index in [-0.39, 0.29) is 11.5 Å². The van der Waals surface area contributed by atoms with Crippen molar-refractivity contribution >= 4 is 11.0 Å². The molecule has 3 aromatic rings. The summed E-state index contributed by atoms with van der Waals surface area (Å²) in [5.74, 6) is 0.222. The molecule has 0 radical (unpaired) electrons. The number of rotatable bonds is 3. The first-order valence-electron chi connectivity index (χ1n) is 8.73. The van der Waals surface area contributed by atoms with Gasteiger partial charge in [-0.15, -0.1) is 0 Å². The van der Waals surface area contributed by atoms with Gasteiger partial charge in [-0.25, -0.2) is 0 Å². The van der Waals surface area contributed by atoms with E-state index in [9.17, 15) is 13.2 Å². The van der Waals surface area contributed by atoms with Crippen LogP contribution in [0.25, 0.3) is 11.0 Å². The summed E-state index contributed by atoms with van der Waals surface area (Å²) in [5, 5.41) is 4.78. The Labute approximate surface area is 149 Å². The minimum absolute atomic E-state index is 0.210. The summed E-state index contributed by atoms with van der Waals surface area (Å²) in [4.78, 5) is 2.40. The fourth-order valence-corrected chi connectivity index (χ4v) is 3.63. The zero-order valence-electron chi connectivity index (χ0n) is 14.2. The Morgan fingerprint density at radius 1 is 1.04 bits per heavy atom. The van der Waals surface area contributed by atoms with Crippen molar-refractivity contribution in [2.75, 3.05) is 13.1 Å². The number of halogens is 3. The standard InChI is InChI=1S/C20H19F3N2O/c21-20(22,23)16-6-7-17-18(12-16)26-24-19(17)15-8-10-25(11-9-15)13-14-4-2-1-3-5-14/h1-7,12,15H,8-11,13H2. The van der Waals surface area contributed by atoms with Crippen molar-refractivity contribution in [1.82, 2.24) is 10.1 Å². The van der Waals surface area contributed by atoms with Crippen LogP contribution in [0.15, 0.2) is 53.1 Å². The third kappa shape index (κ3) is 3.46. The first-order valence-corrected chi connectivity index (χ1v) is 8.73. The van der Waals surface area contributed by atoms with Crippen LogP contribution in [0.3, 0.4) is 0 Å². The molecule has 3 nitrogen and oxygen atoms in total. The first kappa shape index (κ1) is 17.1. The first-order chi connectivity index (χ1) is 12.5. The highest BCUT2D eigenvalue weighted by Gasteiger charge is 2.32. The lowest BCUT2D eigenvalue weighted by molar-refractivity contribution is -0.137. The molecule has 0 N–H and O–H groups in total. The molecule has 4 rings (SSSR count). The van der Waals surface area contributed by atoms with Crippen LogP contribution in [0.2, 0.25) is 0 Å². The minimum Gasteiger partial charge on any atom is -0.356 e. The summed E-state index contributed by atoms with van der Waals surface area (Å²) in [6.45, 7) is 2.80. The minimum atomic E-state index is -4.37. The predicted molar refractivity (Wildman–Crippen MR) is 92.7 cm³/mol. The van der Waals surface area contributed by atoms with Gasteiger partial charge in [-0.05, 0) is 49.7 Å². The maximum absolute atomic E-state index is 12.8. The van der Waals surface area contributed by atoms with Crippen molar-refractivity contribution in [2.45, 2.75) is 31.5 Å². The van der Waals surface area contributed by atoms with Crippen molar-refractivity contribution in [2.24, 2.45) is 0 Å². The van der Waals surface area contributed by atoms with E-state index in [1.807, 2.05) is 18.2 Å². The van der Waals surface area contributed by atoms with Gasteiger partial charge in [0.1, 0.15) is 0 Å². The van der Waals surface area contributed by atoms with E-state index in [0.717, 1.165) is 50.3 Å². The molecule has 0 amide bonds. The van der Waals surface area contributed by atoms with Gasteiger partial charge in [-0.3, -0.25) is 4.90 Å². The summed E-state index contributed by atoms with van der Waals surface area (Å²) in [5.41, 5.74) is 1.58. The molecule has 0 bridgehead atoms. The molecule has 6 heteroatoms. The highest BCUT2D eigenvalue weighted by molar-refractivity contribution is 5.80. The summed E-state index contributed by atoms with van der Waals surface area (Å²) < 4.78 is 43.7. The van der Waals surface area contributed by atoms with Crippen molar-refractivity contribution in [3.05, 3.63) is 65.4 Å². The number of alkyl halides is 3. The number of nitrogens with zero attached hydrogens (tertiary/aromatic N) is 2. The summed E-state index contributed by atoms with van der Waals surface area (Å²) in [6, 6.07) is 14.0. The number of hydrogen-bond donors (Lipinski definition) is 0. The van der Waals surface area contributed by atoms with Gasteiger partial charge in [-0.2, -0.15) is 13.2 Å². The molecule has 2 heterocycles. The molecule has 0 atom stereocenters. The summed E-state index contributed by atoms with van der Waals surface area (Å²) in [6.07, 6.45) is -2.52. The van der Waals surface area contributed by atoms with Crippen LogP contribution in [0.5, 0.6) is 0 Å². The molecule has 0 spiro atoms. The van der Waals surface area contributed by atoms with Crippen LogP contribution in [-0.4, -0.2) is 23.1 Å². The maximum Gasteiger partial charge on any atom is 0.416 e. The number of benzene rings is 2. The molecule has 1 aliphatic rings. The van der Waals surface area contributed by atoms with Crippen LogP contribution in [0.1, 0.15) is 35.6 Å². The Morgan fingerprint density at radius 3 is 2.46 bits per heavy atom. The molecule has 1 aromatic heterocycles. The lowest BCUT2D eigenvalue weighted by atomic mass is 9.91. The van der Waals surface area contributed by atoms with Gasteiger partial charge in [0.05, 0.1) is 11.3 Å². The average Bonchev–Trinajstić information content (AvgIpc) is 3.06. The highest BCUT2D eigenvalue weighted by atomic mass is 19.4. The molecule has 0 unspecified atom stereocenters. The maximum atomic E-state index is 12.8. The fourth-order valence-electron chi connectivity index (χ4n) is 3.63. The highest BCUT2D eigenvalue weighted by Crippen LogP contribution is 2.36. The largest absolute Gasteiger partial charge is 0.416 e. The number of fused-ring (bicyclic) bond motifs is 1. The number of piperidine rings is 1. The van der Waals surface area contributed by atoms with Crippen LogP contribution in [0.4, 0.5) is 13.2 Å². The fraction of sp³-hybridized carbons (Fsp3) is 0.350. The van der Waals surface area contributed by atoms with Gasteiger partial charge < -0.3 is 4.52 Å². The Bertz CT molecular complexity index is 881. The van der Waals surface area contributed by atoms with E-state index < -0.39 is 11.7 Å². The van der Waals surface area contributed by atoms with Crippen LogP contribution >= 0.6 is 0 Å². The van der Waals surface area contributed by atoms with Crippen molar-refractivity contribution < 1.29 is 17.7 Å². The number of likely N-dealkylation sites (tertiary alicyclic amines) is 1. The molecular formula is C20H19F3N2O. The lowest BCUT2D eigenvalue weighted by Gasteiger charge is -2.31. The zero-order chi connectivity index (χ0) is 18.1. The van der Waals surface area contributed by atoms with Crippen molar-refractivity contribution in [1.29, 1.82) is 0 Å². The topological polar surface area (TPSA) is 29.3 Å². The van der Waals surface area contributed by atoms with Gasteiger partial charge in [0.15, 0.2) is 5.58 Å². The smallest absolute Gasteiger partial charge is 0.356 e. The van der Waals surface area contributed by atoms with Crippen molar-refractivity contribution in [3.8, 4) is 0 Å². The quantitative estimate of drug-likeness (QED) is 0.641. The van der Waals surface area contributed by atoms with E-state index in [1.165, 1.54) is 11.6 Å². The molecule has 0 saturated carbocycles. The molecular weight excluding hydrogens is 341 g/mol. The molecule has 1 saturated heterocycles. The molecule has 0 aliphatic carbocycles. The Balaban J connectivity index is 1.46. The monoisotopic (exact) mass is 360 g/mol. The van der Waals surface area contributed by atoms with Crippen LogP contribution < -0.4 is 0 Å². The lowest BCUT2D eigenvalue weighted by Crippen LogP contribution is -2.32. The second-order valence-electron chi connectivity index (χ2n) is 6.81. The molecule has 1 fully saturated rings. The Kier molecular flexibility index (Phi) is 4.44. The Hall–Kier alpha value is -2.34. The predicted octanol–water partition coefficient (Wildman–Crippen LogP) is 5.23. The average molecular weight is 360 g/mol. The third-order valence-corrected chi connectivity index (χ3v) is 5.05. The summed E-state index contributed by atoms with van der Waals surface area (Å²) >= 11 is 0. The molecule has 2 aromatic carbocycles. The van der Waals surface area contributed by atoms with Crippen molar-refractivity contribution in [3.63, 3.8) is 0 Å². The van der Waals surface area contributed by atoms with E-state index in [4.69, 9.17) is 4.52 Å². The van der Waals surface area contributed by atoms with Gasteiger partial charge in [-0.1, -0.05) is 35.5 Å². The molecule has 136 valence electrons. The van der Waals surface area contributed by atoms with Gasteiger partial charge in [0.2, 0.25) is 0 Å². The van der Waals surface area contributed by atoms with Crippen LogP contribution in [0, 0.1) is 0 Å². The van der Waals surface area contributed by atoms with Gasteiger partial charge >= 0.3 is 6.18 Å². The van der Waals surface area contributed by atoms with E-state index in [1.54, 1.807) is 0 Å². The van der Waals surface area contributed by atoms with Gasteiger partial charge in [0.25, 0.3) is 0 Å². The van der Waals surface area contributed by atoms with E-state index in [0.29, 0.717) is 5.39 Å². The number of hydrogen-bond acceptors (Lipinski definition) is 3. The SMILES string of the molecule is FC(F)(F)c1ccc2c(C3CCN(Cc4ccccc4)CC3)noc2c1. The number of aromatic nitrogens is 1. The molecule has 1 aliphatic heterocycles.